The summed E-state index contributed by atoms with van der Waals surface area (Å²) >= 11 is 0. The van der Waals surface area contributed by atoms with Crippen LogP contribution in [0.1, 0.15) is 12.8 Å². The van der Waals surface area contributed by atoms with Gasteiger partial charge in [0.15, 0.2) is 0 Å². The molecule has 1 fully saturated rings. The largest absolute Gasteiger partial charge is 0.497 e. The maximum Gasteiger partial charge on any atom is 0.208 e. The normalized spacial score (nSPS) is 15.4. The fourth-order valence-electron chi connectivity index (χ4n) is 3.70. The van der Waals surface area contributed by atoms with Crippen LogP contribution in [0, 0.1) is 0 Å². The number of H-pyrrole nitrogens is 1. The van der Waals surface area contributed by atoms with Crippen molar-refractivity contribution in [3.63, 3.8) is 0 Å². The number of hydrogen-bond donors (Lipinski definition) is 3. The summed E-state index contributed by atoms with van der Waals surface area (Å²) in [5, 5.41) is 7.39. The van der Waals surface area contributed by atoms with Gasteiger partial charge in [0.05, 0.1) is 29.7 Å². The van der Waals surface area contributed by atoms with Crippen molar-refractivity contribution < 1.29 is 17.9 Å². The zero-order valence-electron chi connectivity index (χ0n) is 16.5. The number of nitrogens with one attached hydrogen (secondary N) is 3. The van der Waals surface area contributed by atoms with Gasteiger partial charge >= 0.3 is 0 Å². The molecule has 1 aromatic heterocycles. The minimum Gasteiger partial charge on any atom is -0.497 e. The van der Waals surface area contributed by atoms with E-state index in [0.717, 1.165) is 31.4 Å². The van der Waals surface area contributed by atoms with Gasteiger partial charge in [-0.3, -0.25) is 0 Å². The molecule has 0 atom stereocenters. The first kappa shape index (κ1) is 19.6. The molecule has 0 saturated carbocycles. The second-order valence-electron chi connectivity index (χ2n) is 7.10. The van der Waals surface area contributed by atoms with Crippen LogP contribution < -0.4 is 20.1 Å². The molecule has 7 nitrogen and oxygen atoms in total. The number of anilines is 1. The quantitative estimate of drug-likeness (QED) is 0.573. The van der Waals surface area contributed by atoms with Crippen molar-refractivity contribution in [1.29, 1.82) is 0 Å². The number of benzene rings is 2. The number of fused-ring (bicyclic) bond motifs is 1. The molecule has 4 rings (SSSR count). The lowest BCUT2D eigenvalue weighted by molar-refractivity contribution is 0.413. The molecule has 1 aliphatic rings. The maximum absolute atomic E-state index is 13.4. The second kappa shape index (κ2) is 7.96. The number of aromatic nitrogens is 1. The summed E-state index contributed by atoms with van der Waals surface area (Å²) in [7, 11) is -0.584. The minimum atomic E-state index is -3.73. The van der Waals surface area contributed by atoms with Gasteiger partial charge < -0.3 is 25.1 Å². The van der Waals surface area contributed by atoms with E-state index in [2.05, 4.69) is 15.6 Å². The summed E-state index contributed by atoms with van der Waals surface area (Å²) in [6, 6.07) is 10.6. The summed E-state index contributed by atoms with van der Waals surface area (Å²) in [5.41, 5.74) is 1.43. The van der Waals surface area contributed by atoms with E-state index >= 15 is 0 Å². The Hall–Kier alpha value is -2.71. The molecular weight excluding hydrogens is 390 g/mol. The van der Waals surface area contributed by atoms with Crippen molar-refractivity contribution in [3.05, 3.63) is 42.6 Å². The highest BCUT2D eigenvalue weighted by Crippen LogP contribution is 2.34. The van der Waals surface area contributed by atoms with Crippen molar-refractivity contribution in [3.8, 4) is 11.5 Å². The first-order valence-corrected chi connectivity index (χ1v) is 11.1. The highest BCUT2D eigenvalue weighted by Gasteiger charge is 2.24. The van der Waals surface area contributed by atoms with E-state index in [1.165, 1.54) is 6.20 Å². The van der Waals surface area contributed by atoms with E-state index in [4.69, 9.17) is 9.47 Å². The minimum absolute atomic E-state index is 0.221. The molecule has 0 spiro atoms. The van der Waals surface area contributed by atoms with E-state index in [1.54, 1.807) is 44.6 Å². The molecule has 2 aromatic carbocycles. The van der Waals surface area contributed by atoms with Crippen LogP contribution >= 0.6 is 0 Å². The lowest BCUT2D eigenvalue weighted by Gasteiger charge is -2.25. The zero-order valence-corrected chi connectivity index (χ0v) is 17.3. The number of piperidine rings is 1. The topological polar surface area (TPSA) is 92.5 Å². The van der Waals surface area contributed by atoms with Crippen LogP contribution in [-0.2, 0) is 9.84 Å². The van der Waals surface area contributed by atoms with Crippen molar-refractivity contribution in [2.45, 2.75) is 28.7 Å². The van der Waals surface area contributed by atoms with Gasteiger partial charge in [0.25, 0.3) is 0 Å². The molecule has 29 heavy (non-hydrogen) atoms. The Morgan fingerprint density at radius 1 is 1.03 bits per heavy atom. The number of methoxy groups -OCH3 is 2. The van der Waals surface area contributed by atoms with Crippen LogP contribution in [0.5, 0.6) is 11.5 Å². The summed E-state index contributed by atoms with van der Waals surface area (Å²) in [6.45, 7) is 1.88. The summed E-state index contributed by atoms with van der Waals surface area (Å²) in [4.78, 5) is 3.48. The lowest BCUT2D eigenvalue weighted by Crippen LogP contribution is -2.35. The molecule has 0 amide bonds. The number of sulfone groups is 1. The monoisotopic (exact) mass is 415 g/mol. The van der Waals surface area contributed by atoms with Gasteiger partial charge in [-0.2, -0.15) is 0 Å². The molecule has 0 radical (unpaired) electrons. The third kappa shape index (κ3) is 3.77. The molecule has 3 N–H and O–H groups in total. The van der Waals surface area contributed by atoms with Crippen molar-refractivity contribution >= 4 is 26.4 Å². The highest BCUT2D eigenvalue weighted by atomic mass is 32.2. The van der Waals surface area contributed by atoms with Crippen LogP contribution in [-0.4, -0.2) is 46.8 Å². The van der Waals surface area contributed by atoms with Gasteiger partial charge in [0.1, 0.15) is 11.5 Å². The second-order valence-corrected chi connectivity index (χ2v) is 9.02. The molecular formula is C21H25N3O4S. The van der Waals surface area contributed by atoms with E-state index in [0.29, 0.717) is 22.6 Å². The van der Waals surface area contributed by atoms with Crippen LogP contribution in [0.4, 0.5) is 5.69 Å². The third-order valence-electron chi connectivity index (χ3n) is 5.32. The van der Waals surface area contributed by atoms with Gasteiger partial charge in [-0.25, -0.2) is 8.42 Å². The Kier molecular flexibility index (Phi) is 5.38. The first-order chi connectivity index (χ1) is 14.0. The van der Waals surface area contributed by atoms with Crippen LogP contribution in [0.25, 0.3) is 10.9 Å². The lowest BCUT2D eigenvalue weighted by atomic mass is 10.1. The van der Waals surface area contributed by atoms with Crippen LogP contribution in [0.2, 0.25) is 0 Å². The fourth-order valence-corrected chi connectivity index (χ4v) is 5.15. The number of ether oxygens (including phenoxy) is 2. The zero-order chi connectivity index (χ0) is 20.4. The smallest absolute Gasteiger partial charge is 0.208 e. The van der Waals surface area contributed by atoms with Gasteiger partial charge in [0, 0.05) is 23.1 Å². The molecule has 1 aliphatic heterocycles. The Morgan fingerprint density at radius 2 is 1.83 bits per heavy atom. The van der Waals surface area contributed by atoms with Crippen LogP contribution in [0.3, 0.4) is 0 Å². The fraction of sp³-hybridized carbons (Fsp3) is 0.333. The van der Waals surface area contributed by atoms with Gasteiger partial charge in [0.2, 0.25) is 9.84 Å². The van der Waals surface area contributed by atoms with Gasteiger partial charge in [-0.15, -0.1) is 0 Å². The predicted octanol–water partition coefficient (Wildman–Crippen LogP) is 3.18. The van der Waals surface area contributed by atoms with E-state index in [9.17, 15) is 8.42 Å². The van der Waals surface area contributed by atoms with Crippen LogP contribution in [0.15, 0.2) is 52.4 Å². The summed E-state index contributed by atoms with van der Waals surface area (Å²) in [5.74, 6) is 1.24. The Morgan fingerprint density at radius 3 is 2.55 bits per heavy atom. The predicted molar refractivity (Wildman–Crippen MR) is 113 cm³/mol. The molecule has 8 heteroatoms. The molecule has 2 heterocycles. The molecule has 1 saturated heterocycles. The van der Waals surface area contributed by atoms with Gasteiger partial charge in [-0.1, -0.05) is 0 Å². The van der Waals surface area contributed by atoms with E-state index < -0.39 is 9.84 Å². The Labute approximate surface area is 170 Å². The molecule has 0 unspecified atom stereocenters. The number of hydrogen-bond acceptors (Lipinski definition) is 6. The average molecular weight is 416 g/mol. The Balaban J connectivity index is 1.74. The maximum atomic E-state index is 13.4. The molecule has 154 valence electrons. The van der Waals surface area contributed by atoms with E-state index in [-0.39, 0.29) is 15.8 Å². The SMILES string of the molecule is COc1ccc2[nH]cc(S(=O)(=O)c3ccc(OC)c(NC4CCNCC4)c3)c2c1. The summed E-state index contributed by atoms with van der Waals surface area (Å²) < 4.78 is 37.5. The molecule has 0 bridgehead atoms. The van der Waals surface area contributed by atoms with E-state index in [1.807, 2.05) is 6.07 Å². The summed E-state index contributed by atoms with van der Waals surface area (Å²) in [6.07, 6.45) is 3.48. The standard InChI is InChI=1S/C21H25N3O4S/c1-27-15-3-5-18-17(11-15)21(13-23-18)29(25,26)16-4-6-20(28-2)19(12-16)24-14-7-9-22-10-8-14/h3-6,11-14,22-24H,7-10H2,1-2H3. The third-order valence-corrected chi connectivity index (χ3v) is 7.11. The average Bonchev–Trinajstić information content (AvgIpc) is 3.18. The Bertz CT molecular complexity index is 1120. The van der Waals surface area contributed by atoms with Crippen molar-refractivity contribution in [2.75, 3.05) is 32.6 Å². The highest BCUT2D eigenvalue weighted by molar-refractivity contribution is 7.91. The van der Waals surface area contributed by atoms with Gasteiger partial charge in [-0.05, 0) is 62.3 Å². The number of aromatic amines is 1. The van der Waals surface area contributed by atoms with Crippen molar-refractivity contribution in [1.82, 2.24) is 10.3 Å². The first-order valence-electron chi connectivity index (χ1n) is 9.58. The molecule has 0 aliphatic carbocycles. The molecule has 3 aromatic rings. The van der Waals surface area contributed by atoms with Crippen molar-refractivity contribution in [2.24, 2.45) is 0 Å². The number of rotatable bonds is 6.